The van der Waals surface area contributed by atoms with Crippen LogP contribution in [0.4, 0.5) is 0 Å². The molecule has 0 unspecified atom stereocenters. The highest BCUT2D eigenvalue weighted by Gasteiger charge is 2.29. The number of amides is 1. The summed E-state index contributed by atoms with van der Waals surface area (Å²) in [5.41, 5.74) is 0.153. The Kier molecular flexibility index (Phi) is 7.50. The fourth-order valence-corrected chi connectivity index (χ4v) is 6.41. The fourth-order valence-electron chi connectivity index (χ4n) is 3.39. The minimum absolute atomic E-state index is 0. The lowest BCUT2D eigenvalue weighted by Crippen LogP contribution is -2.43. The lowest BCUT2D eigenvalue weighted by molar-refractivity contribution is -0.121. The Morgan fingerprint density at radius 2 is 1.92 bits per heavy atom. The number of halogens is 1. The molecule has 2 fully saturated rings. The molecule has 0 radical (unpaired) electrons. The number of hydrogen-bond acceptors (Lipinski definition) is 5. The molecule has 148 valence electrons. The lowest BCUT2D eigenvalue weighted by Gasteiger charge is -2.34. The van der Waals surface area contributed by atoms with Gasteiger partial charge in [0.2, 0.25) is 5.91 Å². The molecular weight excluding hydrogens is 394 g/mol. The second kappa shape index (κ2) is 9.01. The summed E-state index contributed by atoms with van der Waals surface area (Å²) in [5.74, 6) is -0.0354. The minimum Gasteiger partial charge on any atom is -0.355 e. The summed E-state index contributed by atoms with van der Waals surface area (Å²) in [5, 5.41) is 6.36. The Morgan fingerprint density at radius 1 is 1.27 bits per heavy atom. The van der Waals surface area contributed by atoms with E-state index in [9.17, 15) is 13.2 Å². The first-order valence-corrected chi connectivity index (χ1v) is 11.2. The molecule has 1 aromatic rings. The quantitative estimate of drug-likeness (QED) is 0.736. The van der Waals surface area contributed by atoms with Gasteiger partial charge in [-0.05, 0) is 56.3 Å². The van der Waals surface area contributed by atoms with Crippen molar-refractivity contribution >= 4 is 39.7 Å². The second-order valence-electron chi connectivity index (χ2n) is 7.35. The summed E-state index contributed by atoms with van der Waals surface area (Å²) in [6, 6.07) is 3.40. The molecule has 0 aliphatic carbocycles. The normalized spacial score (nSPS) is 20.5. The van der Waals surface area contributed by atoms with Crippen LogP contribution in [-0.2, 0) is 21.2 Å². The van der Waals surface area contributed by atoms with E-state index in [1.807, 2.05) is 0 Å². The molecule has 3 rings (SSSR count). The number of piperidine rings is 1. The Bertz CT molecular complexity index is 709. The van der Waals surface area contributed by atoms with Crippen molar-refractivity contribution < 1.29 is 13.2 Å². The molecule has 0 atom stereocenters. The van der Waals surface area contributed by atoms with Crippen LogP contribution in [0.15, 0.2) is 16.3 Å². The largest absolute Gasteiger partial charge is 0.355 e. The molecule has 1 aromatic heterocycles. The molecule has 0 saturated carbocycles. The van der Waals surface area contributed by atoms with Gasteiger partial charge < -0.3 is 10.6 Å². The first-order chi connectivity index (χ1) is 11.9. The van der Waals surface area contributed by atoms with Crippen LogP contribution in [-0.4, -0.2) is 51.4 Å². The summed E-state index contributed by atoms with van der Waals surface area (Å²) >= 11 is 1.22. The van der Waals surface area contributed by atoms with E-state index in [-0.39, 0.29) is 30.2 Å². The number of thiophene rings is 1. The molecule has 3 heterocycles. The van der Waals surface area contributed by atoms with E-state index in [2.05, 4.69) is 17.6 Å². The van der Waals surface area contributed by atoms with Crippen LogP contribution in [0.3, 0.4) is 0 Å². The number of carbonyl (C=O) groups excluding carboxylic acids is 1. The maximum Gasteiger partial charge on any atom is 0.252 e. The summed E-state index contributed by atoms with van der Waals surface area (Å²) in [6.45, 7) is 6.08. The van der Waals surface area contributed by atoms with E-state index in [0.29, 0.717) is 23.8 Å². The third kappa shape index (κ3) is 5.19. The summed E-state index contributed by atoms with van der Waals surface area (Å²) in [7, 11) is -3.38. The molecule has 2 aliphatic heterocycles. The van der Waals surface area contributed by atoms with Crippen LogP contribution in [0.2, 0.25) is 0 Å². The predicted molar refractivity (Wildman–Crippen MR) is 106 cm³/mol. The highest BCUT2D eigenvalue weighted by molar-refractivity contribution is 7.91. The minimum atomic E-state index is -3.38. The molecule has 2 N–H and O–H groups in total. The first-order valence-electron chi connectivity index (χ1n) is 8.95. The third-order valence-electron chi connectivity index (χ3n) is 5.15. The van der Waals surface area contributed by atoms with Crippen molar-refractivity contribution in [2.45, 2.75) is 43.2 Å². The molecule has 9 heteroatoms. The van der Waals surface area contributed by atoms with Crippen LogP contribution in [0, 0.1) is 5.41 Å². The number of nitrogens with zero attached hydrogens (tertiary/aromatic N) is 1. The molecule has 1 amide bonds. The van der Waals surface area contributed by atoms with Crippen molar-refractivity contribution in [1.29, 1.82) is 0 Å². The summed E-state index contributed by atoms with van der Waals surface area (Å²) in [4.78, 5) is 13.0. The standard InChI is InChI=1S/C17H27N3O3S2.ClH/c1-17(6-8-18-9-7-17)13-19-15(21)12-14-4-5-16(24-14)25(22,23)20-10-2-3-11-20;/h4-5,18H,2-3,6-13H2,1H3,(H,19,21);1H. The van der Waals surface area contributed by atoms with Gasteiger partial charge in [0, 0.05) is 24.5 Å². The van der Waals surface area contributed by atoms with E-state index in [1.54, 1.807) is 16.4 Å². The SMILES string of the molecule is CC1(CNC(=O)Cc2ccc(S(=O)(=O)N3CCCC3)s2)CCNCC1.Cl. The average molecular weight is 422 g/mol. The van der Waals surface area contributed by atoms with Crippen LogP contribution < -0.4 is 10.6 Å². The number of nitrogens with one attached hydrogen (secondary N) is 2. The summed E-state index contributed by atoms with van der Waals surface area (Å²) < 4.78 is 27.0. The average Bonchev–Trinajstić information content (AvgIpc) is 3.26. The maximum absolute atomic E-state index is 12.5. The molecule has 0 aromatic carbocycles. The van der Waals surface area contributed by atoms with Gasteiger partial charge in [0.15, 0.2) is 0 Å². The van der Waals surface area contributed by atoms with Crippen molar-refractivity contribution in [2.75, 3.05) is 32.7 Å². The molecular formula is C17H28ClN3O3S2. The van der Waals surface area contributed by atoms with Crippen LogP contribution >= 0.6 is 23.7 Å². The van der Waals surface area contributed by atoms with Crippen molar-refractivity contribution in [3.63, 3.8) is 0 Å². The van der Waals surface area contributed by atoms with Gasteiger partial charge in [0.05, 0.1) is 6.42 Å². The zero-order valence-corrected chi connectivity index (χ0v) is 17.6. The summed E-state index contributed by atoms with van der Waals surface area (Å²) in [6.07, 6.45) is 4.21. The molecule has 6 nitrogen and oxygen atoms in total. The Morgan fingerprint density at radius 3 is 2.58 bits per heavy atom. The van der Waals surface area contributed by atoms with E-state index in [0.717, 1.165) is 43.6 Å². The van der Waals surface area contributed by atoms with E-state index in [4.69, 9.17) is 0 Å². The molecule has 2 aliphatic rings. The van der Waals surface area contributed by atoms with E-state index >= 15 is 0 Å². The van der Waals surface area contributed by atoms with Gasteiger partial charge >= 0.3 is 0 Å². The highest BCUT2D eigenvalue weighted by Crippen LogP contribution is 2.28. The molecule has 0 bridgehead atoms. The fraction of sp³-hybridized carbons (Fsp3) is 0.706. The van der Waals surface area contributed by atoms with Crippen molar-refractivity contribution in [3.05, 3.63) is 17.0 Å². The monoisotopic (exact) mass is 421 g/mol. The van der Waals surface area contributed by atoms with Gasteiger partial charge in [-0.25, -0.2) is 8.42 Å². The van der Waals surface area contributed by atoms with Crippen molar-refractivity contribution in [2.24, 2.45) is 5.41 Å². The Balaban J connectivity index is 0.00000243. The third-order valence-corrected chi connectivity index (χ3v) is 8.61. The Hall–Kier alpha value is -0.670. The predicted octanol–water partition coefficient (Wildman–Crippen LogP) is 2.00. The number of carbonyl (C=O) groups is 1. The van der Waals surface area contributed by atoms with Gasteiger partial charge in [-0.3, -0.25) is 4.79 Å². The number of hydrogen-bond donors (Lipinski definition) is 2. The maximum atomic E-state index is 12.5. The smallest absolute Gasteiger partial charge is 0.252 e. The van der Waals surface area contributed by atoms with Gasteiger partial charge in [-0.2, -0.15) is 4.31 Å². The van der Waals surface area contributed by atoms with Gasteiger partial charge in [0.1, 0.15) is 4.21 Å². The van der Waals surface area contributed by atoms with Crippen molar-refractivity contribution in [3.8, 4) is 0 Å². The molecule has 0 spiro atoms. The number of rotatable bonds is 6. The zero-order chi connectivity index (χ0) is 17.9. The van der Waals surface area contributed by atoms with Gasteiger partial charge in [0.25, 0.3) is 10.0 Å². The van der Waals surface area contributed by atoms with E-state index < -0.39 is 10.0 Å². The Labute approximate surface area is 166 Å². The molecule has 26 heavy (non-hydrogen) atoms. The van der Waals surface area contributed by atoms with Crippen LogP contribution in [0.5, 0.6) is 0 Å². The topological polar surface area (TPSA) is 78.5 Å². The van der Waals surface area contributed by atoms with Crippen LogP contribution in [0.25, 0.3) is 0 Å². The highest BCUT2D eigenvalue weighted by atomic mass is 35.5. The molecule has 2 saturated heterocycles. The zero-order valence-electron chi connectivity index (χ0n) is 15.1. The first kappa shape index (κ1) is 21.6. The van der Waals surface area contributed by atoms with E-state index in [1.165, 1.54) is 11.3 Å². The number of sulfonamides is 1. The van der Waals surface area contributed by atoms with Gasteiger partial charge in [-0.15, -0.1) is 23.7 Å². The second-order valence-corrected chi connectivity index (χ2v) is 10.7. The van der Waals surface area contributed by atoms with Crippen molar-refractivity contribution in [1.82, 2.24) is 14.9 Å². The lowest BCUT2D eigenvalue weighted by atomic mass is 9.81. The van der Waals surface area contributed by atoms with Crippen LogP contribution in [0.1, 0.15) is 37.5 Å². The van der Waals surface area contributed by atoms with Gasteiger partial charge in [-0.1, -0.05) is 6.92 Å².